The van der Waals surface area contributed by atoms with Crippen LogP contribution in [0, 0.1) is 13.8 Å². The van der Waals surface area contributed by atoms with Crippen molar-refractivity contribution in [3.8, 4) is 0 Å². The van der Waals surface area contributed by atoms with Crippen LogP contribution >= 0.6 is 0 Å². The van der Waals surface area contributed by atoms with Crippen LogP contribution in [0.3, 0.4) is 0 Å². The van der Waals surface area contributed by atoms with Crippen molar-refractivity contribution in [2.45, 2.75) is 13.8 Å². The van der Waals surface area contributed by atoms with E-state index in [1.54, 1.807) is 0 Å². The van der Waals surface area contributed by atoms with E-state index in [4.69, 9.17) is 0 Å². The number of amides is 1. The molecule has 2 aromatic carbocycles. The molecule has 0 bridgehead atoms. The zero-order chi connectivity index (χ0) is 14.7. The van der Waals surface area contributed by atoms with E-state index in [1.165, 1.54) is 5.56 Å². The summed E-state index contributed by atoms with van der Waals surface area (Å²) >= 11 is 0. The van der Waals surface area contributed by atoms with Crippen molar-refractivity contribution >= 4 is 17.3 Å². The Morgan fingerprint density at radius 1 is 0.950 bits per heavy atom. The number of hydrogen-bond donors (Lipinski definition) is 1. The molecule has 0 aliphatic rings. The maximum absolute atomic E-state index is 12.2. The van der Waals surface area contributed by atoms with Crippen molar-refractivity contribution < 1.29 is 4.79 Å². The molecule has 1 N–H and O–H groups in total. The van der Waals surface area contributed by atoms with E-state index in [0.717, 1.165) is 16.9 Å². The molecular weight excluding hydrogens is 248 g/mol. The average molecular weight is 268 g/mol. The van der Waals surface area contributed by atoms with Gasteiger partial charge in [0.1, 0.15) is 0 Å². The summed E-state index contributed by atoms with van der Waals surface area (Å²) in [7, 11) is 3.98. The number of nitrogens with one attached hydrogen (secondary N) is 1. The lowest BCUT2D eigenvalue weighted by atomic mass is 10.1. The van der Waals surface area contributed by atoms with E-state index in [2.05, 4.69) is 5.32 Å². The third-order valence-corrected chi connectivity index (χ3v) is 3.41. The summed E-state index contributed by atoms with van der Waals surface area (Å²) in [5.74, 6) is -0.0781. The van der Waals surface area contributed by atoms with Crippen LogP contribution < -0.4 is 10.2 Å². The van der Waals surface area contributed by atoms with Crippen LogP contribution in [0.5, 0.6) is 0 Å². The molecule has 0 radical (unpaired) electrons. The Labute approximate surface area is 120 Å². The fraction of sp³-hybridized carbons (Fsp3) is 0.235. The second kappa shape index (κ2) is 5.78. The Kier molecular flexibility index (Phi) is 4.08. The second-order valence-corrected chi connectivity index (χ2v) is 5.19. The van der Waals surface area contributed by atoms with Gasteiger partial charge in [-0.25, -0.2) is 0 Å². The molecule has 3 heteroatoms. The molecule has 0 unspecified atom stereocenters. The lowest BCUT2D eigenvalue weighted by molar-refractivity contribution is 0.102. The highest BCUT2D eigenvalue weighted by molar-refractivity contribution is 6.04. The minimum absolute atomic E-state index is 0.0781. The first kappa shape index (κ1) is 14.1. The maximum Gasteiger partial charge on any atom is 0.255 e. The van der Waals surface area contributed by atoms with Crippen molar-refractivity contribution in [2.24, 2.45) is 0 Å². The van der Waals surface area contributed by atoms with Crippen LogP contribution in [-0.4, -0.2) is 20.0 Å². The van der Waals surface area contributed by atoms with Gasteiger partial charge < -0.3 is 10.2 Å². The zero-order valence-electron chi connectivity index (χ0n) is 12.4. The second-order valence-electron chi connectivity index (χ2n) is 5.19. The normalized spacial score (nSPS) is 10.2. The van der Waals surface area contributed by atoms with Crippen molar-refractivity contribution in [1.82, 2.24) is 0 Å². The van der Waals surface area contributed by atoms with Gasteiger partial charge in [0, 0.05) is 31.0 Å². The van der Waals surface area contributed by atoms with Crippen LogP contribution in [0.25, 0.3) is 0 Å². The van der Waals surface area contributed by atoms with Gasteiger partial charge in [0.05, 0.1) is 0 Å². The van der Waals surface area contributed by atoms with Crippen LogP contribution in [0.2, 0.25) is 0 Å². The van der Waals surface area contributed by atoms with Gasteiger partial charge in [0.2, 0.25) is 0 Å². The van der Waals surface area contributed by atoms with Crippen molar-refractivity contribution in [3.63, 3.8) is 0 Å². The molecule has 1 amide bonds. The predicted molar refractivity (Wildman–Crippen MR) is 84.6 cm³/mol. The molecular formula is C17H20N2O. The number of rotatable bonds is 3. The summed E-state index contributed by atoms with van der Waals surface area (Å²) in [6.45, 7) is 4.05. The monoisotopic (exact) mass is 268 g/mol. The quantitative estimate of drug-likeness (QED) is 0.922. The van der Waals surface area contributed by atoms with Crippen molar-refractivity contribution in [3.05, 3.63) is 59.2 Å². The standard InChI is InChI=1S/C17H20N2O/c1-12-5-6-14(11-13(12)2)17(20)18-15-7-9-16(10-8-15)19(3)4/h5-11H,1-4H3,(H,18,20). The average Bonchev–Trinajstić information content (AvgIpc) is 2.42. The van der Waals surface area contributed by atoms with E-state index >= 15 is 0 Å². The summed E-state index contributed by atoms with van der Waals surface area (Å²) in [6.07, 6.45) is 0. The molecule has 0 spiro atoms. The number of anilines is 2. The molecule has 2 aromatic rings. The van der Waals surface area contributed by atoms with Crippen LogP contribution in [0.15, 0.2) is 42.5 Å². The predicted octanol–water partition coefficient (Wildman–Crippen LogP) is 3.62. The van der Waals surface area contributed by atoms with Crippen LogP contribution in [0.4, 0.5) is 11.4 Å². The lowest BCUT2D eigenvalue weighted by Gasteiger charge is -2.13. The zero-order valence-corrected chi connectivity index (χ0v) is 12.4. The third-order valence-electron chi connectivity index (χ3n) is 3.41. The Balaban J connectivity index is 2.12. The van der Waals surface area contributed by atoms with Gasteiger partial charge in [0.25, 0.3) is 5.91 Å². The molecule has 0 atom stereocenters. The Morgan fingerprint density at radius 2 is 1.60 bits per heavy atom. The fourth-order valence-corrected chi connectivity index (χ4v) is 1.93. The number of nitrogens with zero attached hydrogens (tertiary/aromatic N) is 1. The molecule has 0 heterocycles. The van der Waals surface area contributed by atoms with Crippen molar-refractivity contribution in [2.75, 3.05) is 24.3 Å². The topological polar surface area (TPSA) is 32.3 Å². The van der Waals surface area contributed by atoms with E-state index in [0.29, 0.717) is 5.56 Å². The number of benzene rings is 2. The molecule has 0 fully saturated rings. The Hall–Kier alpha value is -2.29. The highest BCUT2D eigenvalue weighted by Crippen LogP contribution is 2.17. The minimum atomic E-state index is -0.0781. The number of hydrogen-bond acceptors (Lipinski definition) is 2. The van der Waals surface area contributed by atoms with Crippen LogP contribution in [-0.2, 0) is 0 Å². The molecule has 20 heavy (non-hydrogen) atoms. The Morgan fingerprint density at radius 3 is 2.15 bits per heavy atom. The summed E-state index contributed by atoms with van der Waals surface area (Å²) < 4.78 is 0. The van der Waals surface area contributed by atoms with E-state index in [1.807, 2.05) is 75.3 Å². The van der Waals surface area contributed by atoms with Gasteiger partial charge in [-0.1, -0.05) is 6.07 Å². The Bertz CT molecular complexity index is 615. The van der Waals surface area contributed by atoms with Gasteiger partial charge in [-0.15, -0.1) is 0 Å². The number of aryl methyl sites for hydroxylation is 2. The first-order valence-electron chi connectivity index (χ1n) is 6.63. The number of carbonyl (C=O) groups excluding carboxylic acids is 1. The van der Waals surface area contributed by atoms with Gasteiger partial charge >= 0.3 is 0 Å². The molecule has 104 valence electrons. The molecule has 3 nitrogen and oxygen atoms in total. The summed E-state index contributed by atoms with van der Waals surface area (Å²) in [5, 5.41) is 2.91. The van der Waals surface area contributed by atoms with Crippen molar-refractivity contribution in [1.29, 1.82) is 0 Å². The molecule has 0 saturated heterocycles. The lowest BCUT2D eigenvalue weighted by Crippen LogP contribution is -2.13. The fourth-order valence-electron chi connectivity index (χ4n) is 1.93. The molecule has 2 rings (SSSR count). The molecule has 0 aliphatic carbocycles. The van der Waals surface area contributed by atoms with Gasteiger partial charge in [-0.05, 0) is 61.4 Å². The summed E-state index contributed by atoms with van der Waals surface area (Å²) in [6, 6.07) is 13.5. The largest absolute Gasteiger partial charge is 0.378 e. The third kappa shape index (κ3) is 3.18. The van der Waals surface area contributed by atoms with Gasteiger partial charge in [-0.2, -0.15) is 0 Å². The molecule has 0 aromatic heterocycles. The smallest absolute Gasteiger partial charge is 0.255 e. The highest BCUT2D eigenvalue weighted by Gasteiger charge is 2.07. The van der Waals surface area contributed by atoms with Gasteiger partial charge in [0.15, 0.2) is 0 Å². The van der Waals surface area contributed by atoms with E-state index in [-0.39, 0.29) is 5.91 Å². The highest BCUT2D eigenvalue weighted by atomic mass is 16.1. The van der Waals surface area contributed by atoms with E-state index < -0.39 is 0 Å². The first-order chi connectivity index (χ1) is 9.47. The maximum atomic E-state index is 12.2. The molecule has 0 saturated carbocycles. The first-order valence-corrected chi connectivity index (χ1v) is 6.63. The molecule has 0 aliphatic heterocycles. The number of carbonyl (C=O) groups is 1. The summed E-state index contributed by atoms with van der Waals surface area (Å²) in [4.78, 5) is 14.2. The minimum Gasteiger partial charge on any atom is -0.378 e. The summed E-state index contributed by atoms with van der Waals surface area (Å²) in [5.41, 5.74) is 4.91. The van der Waals surface area contributed by atoms with Crippen LogP contribution in [0.1, 0.15) is 21.5 Å². The van der Waals surface area contributed by atoms with Gasteiger partial charge in [-0.3, -0.25) is 4.79 Å². The van der Waals surface area contributed by atoms with E-state index in [9.17, 15) is 4.79 Å². The SMILES string of the molecule is Cc1ccc(C(=O)Nc2ccc(N(C)C)cc2)cc1C.